The summed E-state index contributed by atoms with van der Waals surface area (Å²) in [5, 5.41) is 1.28. The summed E-state index contributed by atoms with van der Waals surface area (Å²) in [6, 6.07) is 8.64. The highest BCUT2D eigenvalue weighted by atomic mass is 127. The number of carbonyl (C=O) groups excluding carboxylic acids is 1. The van der Waals surface area contributed by atoms with E-state index in [1.165, 1.54) is 14.5 Å². The van der Waals surface area contributed by atoms with Gasteiger partial charge >= 0.3 is 5.97 Å². The Morgan fingerprint density at radius 3 is 2.75 bits per heavy atom. The number of nitrogens with zero attached hydrogens (tertiary/aromatic N) is 1. The summed E-state index contributed by atoms with van der Waals surface area (Å²) in [5.41, 5.74) is 2.50. The van der Waals surface area contributed by atoms with Crippen LogP contribution in [0.25, 0.3) is 10.9 Å². The Balaban J connectivity index is 1.73. The average Bonchev–Trinajstić information content (AvgIpc) is 2.61. The second kappa shape index (κ2) is 7.81. The maximum Gasteiger partial charge on any atom is 0.308 e. The summed E-state index contributed by atoms with van der Waals surface area (Å²) < 4.78 is 6.44. The number of carbonyl (C=O) groups is 1. The van der Waals surface area contributed by atoms with Crippen molar-refractivity contribution in [1.82, 2.24) is 4.98 Å². The molecule has 128 valence electrons. The average molecular weight is 437 g/mol. The first-order valence-corrected chi connectivity index (χ1v) is 9.88. The molecular weight excluding hydrogens is 413 g/mol. The number of hydrogen-bond acceptors (Lipinski definition) is 3. The van der Waals surface area contributed by atoms with Crippen molar-refractivity contribution in [3.63, 3.8) is 0 Å². The molecule has 1 heterocycles. The fourth-order valence-corrected chi connectivity index (χ4v) is 4.38. The zero-order valence-corrected chi connectivity index (χ0v) is 16.5. The highest BCUT2D eigenvalue weighted by Crippen LogP contribution is 2.41. The molecule has 0 amide bonds. The molecule has 3 rings (SSSR count). The molecule has 0 N–H and O–H groups in total. The Labute approximate surface area is 157 Å². The number of ether oxygens (including phenoxy) is 1. The second-order valence-electron chi connectivity index (χ2n) is 6.71. The summed E-state index contributed by atoms with van der Waals surface area (Å²) in [6.07, 6.45) is 6.40. The van der Waals surface area contributed by atoms with Gasteiger partial charge in [-0.3, -0.25) is 9.78 Å². The summed E-state index contributed by atoms with van der Waals surface area (Å²) in [4.78, 5) is 16.5. The van der Waals surface area contributed by atoms with E-state index in [-0.39, 0.29) is 11.9 Å². The minimum atomic E-state index is -0.0372. The minimum Gasteiger partial charge on any atom is -0.466 e. The normalized spacial score (nSPS) is 22.3. The van der Waals surface area contributed by atoms with Gasteiger partial charge in [-0.05, 0) is 96.9 Å². The quantitative estimate of drug-likeness (QED) is 0.481. The minimum absolute atomic E-state index is 0.0148. The monoisotopic (exact) mass is 437 g/mol. The van der Waals surface area contributed by atoms with Crippen molar-refractivity contribution in [3.05, 3.63) is 39.6 Å². The van der Waals surface area contributed by atoms with Crippen molar-refractivity contribution in [3.8, 4) is 0 Å². The SMILES string of the molecule is CCOC(=O)C(C)C1CCC(c2ccnc3ccc(I)cc23)CC1. The van der Waals surface area contributed by atoms with Crippen molar-refractivity contribution in [1.29, 1.82) is 0 Å². The Bertz CT molecular complexity index is 723. The van der Waals surface area contributed by atoms with Crippen LogP contribution in [0.15, 0.2) is 30.5 Å². The first-order chi connectivity index (χ1) is 11.6. The number of hydrogen-bond donors (Lipinski definition) is 0. The molecular formula is C20H24INO2. The van der Waals surface area contributed by atoms with Crippen molar-refractivity contribution in [2.75, 3.05) is 6.61 Å². The fraction of sp³-hybridized carbons (Fsp3) is 0.500. The molecule has 1 fully saturated rings. The largest absolute Gasteiger partial charge is 0.466 e. The standard InChI is InChI=1S/C20H24INO2/c1-3-24-20(23)13(2)14-4-6-15(7-5-14)17-10-11-22-19-9-8-16(21)12-18(17)19/h8-15H,3-7H2,1-2H3. The molecule has 24 heavy (non-hydrogen) atoms. The van der Waals surface area contributed by atoms with Gasteiger partial charge in [0.05, 0.1) is 18.0 Å². The number of aromatic nitrogens is 1. The molecule has 0 aliphatic heterocycles. The third-order valence-corrected chi connectivity index (χ3v) is 5.99. The van der Waals surface area contributed by atoms with Crippen LogP contribution in [0, 0.1) is 15.4 Å². The topological polar surface area (TPSA) is 39.2 Å². The highest BCUT2D eigenvalue weighted by Gasteiger charge is 2.30. The fourth-order valence-electron chi connectivity index (χ4n) is 3.89. The number of pyridine rings is 1. The lowest BCUT2D eigenvalue weighted by Gasteiger charge is -2.32. The molecule has 1 atom stereocenters. The number of halogens is 1. The van der Waals surface area contributed by atoms with Gasteiger partial charge < -0.3 is 4.74 Å². The first-order valence-electron chi connectivity index (χ1n) is 8.81. The zero-order valence-electron chi connectivity index (χ0n) is 14.3. The van der Waals surface area contributed by atoms with E-state index >= 15 is 0 Å². The van der Waals surface area contributed by atoms with Crippen molar-refractivity contribution >= 4 is 39.5 Å². The van der Waals surface area contributed by atoms with Gasteiger partial charge in [0.25, 0.3) is 0 Å². The zero-order chi connectivity index (χ0) is 17.1. The molecule has 1 aliphatic rings. The Morgan fingerprint density at radius 1 is 1.29 bits per heavy atom. The van der Waals surface area contributed by atoms with E-state index in [4.69, 9.17) is 4.74 Å². The smallest absolute Gasteiger partial charge is 0.308 e. The van der Waals surface area contributed by atoms with Crippen LogP contribution >= 0.6 is 22.6 Å². The number of esters is 1. The Morgan fingerprint density at radius 2 is 2.04 bits per heavy atom. The van der Waals surface area contributed by atoms with Crippen LogP contribution in [0.4, 0.5) is 0 Å². The lowest BCUT2D eigenvalue weighted by molar-refractivity contribution is -0.149. The van der Waals surface area contributed by atoms with Gasteiger partial charge in [0.1, 0.15) is 0 Å². The van der Waals surface area contributed by atoms with E-state index < -0.39 is 0 Å². The van der Waals surface area contributed by atoms with E-state index in [2.05, 4.69) is 51.8 Å². The van der Waals surface area contributed by atoms with Gasteiger partial charge in [-0.25, -0.2) is 0 Å². The van der Waals surface area contributed by atoms with Crippen LogP contribution in [0.5, 0.6) is 0 Å². The van der Waals surface area contributed by atoms with E-state index in [1.54, 1.807) is 0 Å². The van der Waals surface area contributed by atoms with Gasteiger partial charge in [0, 0.05) is 15.2 Å². The summed E-state index contributed by atoms with van der Waals surface area (Å²) in [7, 11) is 0. The molecule has 1 saturated carbocycles. The van der Waals surface area contributed by atoms with Crippen molar-refractivity contribution in [2.45, 2.75) is 45.4 Å². The molecule has 1 aromatic heterocycles. The predicted molar refractivity (Wildman–Crippen MR) is 105 cm³/mol. The summed E-state index contributed by atoms with van der Waals surface area (Å²) in [5.74, 6) is 0.999. The molecule has 1 aliphatic carbocycles. The molecule has 0 saturated heterocycles. The van der Waals surface area contributed by atoms with E-state index in [1.807, 2.05) is 20.0 Å². The van der Waals surface area contributed by atoms with Crippen LogP contribution in [-0.4, -0.2) is 17.6 Å². The van der Waals surface area contributed by atoms with Crippen LogP contribution in [0.2, 0.25) is 0 Å². The van der Waals surface area contributed by atoms with E-state index in [0.717, 1.165) is 31.2 Å². The number of rotatable bonds is 4. The van der Waals surface area contributed by atoms with Crippen molar-refractivity contribution in [2.24, 2.45) is 11.8 Å². The van der Waals surface area contributed by atoms with Gasteiger partial charge in [-0.1, -0.05) is 6.92 Å². The van der Waals surface area contributed by atoms with Gasteiger partial charge in [-0.2, -0.15) is 0 Å². The van der Waals surface area contributed by atoms with Crippen molar-refractivity contribution < 1.29 is 9.53 Å². The van der Waals surface area contributed by atoms with Crippen LogP contribution in [0.1, 0.15) is 51.0 Å². The molecule has 4 heteroatoms. The second-order valence-corrected chi connectivity index (χ2v) is 7.96. The number of fused-ring (bicyclic) bond motifs is 1. The first kappa shape index (κ1) is 17.6. The lowest BCUT2D eigenvalue weighted by atomic mass is 9.74. The molecule has 0 radical (unpaired) electrons. The van der Waals surface area contributed by atoms with Gasteiger partial charge in [0.15, 0.2) is 0 Å². The molecule has 0 spiro atoms. The maximum absolute atomic E-state index is 12.0. The highest BCUT2D eigenvalue weighted by molar-refractivity contribution is 14.1. The molecule has 3 nitrogen and oxygen atoms in total. The molecule has 1 unspecified atom stereocenters. The molecule has 2 aromatic rings. The van der Waals surface area contributed by atoms with E-state index in [0.29, 0.717) is 18.4 Å². The number of benzene rings is 1. The molecule has 0 bridgehead atoms. The third-order valence-electron chi connectivity index (χ3n) is 5.31. The van der Waals surface area contributed by atoms with Crippen LogP contribution < -0.4 is 0 Å². The third kappa shape index (κ3) is 3.73. The van der Waals surface area contributed by atoms with Crippen LogP contribution in [0.3, 0.4) is 0 Å². The van der Waals surface area contributed by atoms with Gasteiger partial charge in [0.2, 0.25) is 0 Å². The van der Waals surface area contributed by atoms with Gasteiger partial charge in [-0.15, -0.1) is 0 Å². The molecule has 1 aromatic carbocycles. The summed E-state index contributed by atoms with van der Waals surface area (Å²) in [6.45, 7) is 4.37. The van der Waals surface area contributed by atoms with Crippen LogP contribution in [-0.2, 0) is 9.53 Å². The predicted octanol–water partition coefficient (Wildman–Crippen LogP) is 5.31. The maximum atomic E-state index is 12.0. The lowest BCUT2D eigenvalue weighted by Crippen LogP contribution is -2.26. The van der Waals surface area contributed by atoms with E-state index in [9.17, 15) is 4.79 Å². The summed E-state index contributed by atoms with van der Waals surface area (Å²) >= 11 is 2.36. The Kier molecular flexibility index (Phi) is 5.74. The Hall–Kier alpha value is -1.17.